The van der Waals surface area contributed by atoms with Crippen LogP contribution in [0, 0.1) is 0 Å². The molecule has 0 amide bonds. The summed E-state index contributed by atoms with van der Waals surface area (Å²) in [5.74, 6) is 0.885. The molecule has 2 rings (SSSR count). The Morgan fingerprint density at radius 2 is 2.10 bits per heavy atom. The summed E-state index contributed by atoms with van der Waals surface area (Å²) in [5, 5.41) is 3.40. The lowest BCUT2D eigenvalue weighted by Gasteiger charge is -2.30. The molecule has 1 aromatic carbocycles. The number of hydrogen-bond donors (Lipinski definition) is 2. The van der Waals surface area contributed by atoms with Gasteiger partial charge in [-0.05, 0) is 37.6 Å². The van der Waals surface area contributed by atoms with E-state index in [1.54, 1.807) is 0 Å². The van der Waals surface area contributed by atoms with Crippen molar-refractivity contribution < 1.29 is 4.74 Å². The second kappa shape index (κ2) is 7.57. The SMILES string of the molecule is CCOc1ccc(C(C(N)=S)N2CCCNCC2)cc1. The fraction of sp³-hybridized carbons (Fsp3) is 0.533. The van der Waals surface area contributed by atoms with Crippen LogP contribution in [0.3, 0.4) is 0 Å². The molecule has 4 nitrogen and oxygen atoms in total. The average Bonchev–Trinajstić information content (AvgIpc) is 2.70. The van der Waals surface area contributed by atoms with Crippen LogP contribution >= 0.6 is 12.2 Å². The van der Waals surface area contributed by atoms with Gasteiger partial charge in [-0.1, -0.05) is 24.4 Å². The van der Waals surface area contributed by atoms with Crippen LogP contribution in [0.4, 0.5) is 0 Å². The molecule has 0 radical (unpaired) electrons. The number of hydrogen-bond acceptors (Lipinski definition) is 4. The van der Waals surface area contributed by atoms with Crippen molar-refractivity contribution >= 4 is 17.2 Å². The molecule has 0 bridgehead atoms. The molecular formula is C15H23N3OS. The number of ether oxygens (including phenoxy) is 1. The number of thiocarbonyl (C=S) groups is 1. The zero-order valence-corrected chi connectivity index (χ0v) is 12.8. The molecule has 1 unspecified atom stereocenters. The topological polar surface area (TPSA) is 50.5 Å². The molecule has 1 saturated heterocycles. The second-order valence-corrected chi connectivity index (χ2v) is 5.42. The molecule has 1 aliphatic rings. The van der Waals surface area contributed by atoms with E-state index in [9.17, 15) is 0 Å². The highest BCUT2D eigenvalue weighted by molar-refractivity contribution is 7.80. The summed E-state index contributed by atoms with van der Waals surface area (Å²) in [7, 11) is 0. The minimum Gasteiger partial charge on any atom is -0.494 e. The Morgan fingerprint density at radius 1 is 1.35 bits per heavy atom. The zero-order valence-electron chi connectivity index (χ0n) is 12.0. The lowest BCUT2D eigenvalue weighted by Crippen LogP contribution is -2.38. The third kappa shape index (κ3) is 3.91. The Balaban J connectivity index is 2.16. The van der Waals surface area contributed by atoms with Crippen LogP contribution in [0.5, 0.6) is 5.75 Å². The van der Waals surface area contributed by atoms with E-state index >= 15 is 0 Å². The maximum absolute atomic E-state index is 5.99. The first-order valence-corrected chi connectivity index (χ1v) is 7.60. The fourth-order valence-corrected chi connectivity index (χ4v) is 2.88. The van der Waals surface area contributed by atoms with Crippen molar-refractivity contribution in [3.63, 3.8) is 0 Å². The first kappa shape index (κ1) is 15.2. The molecule has 0 aromatic heterocycles. The van der Waals surface area contributed by atoms with Gasteiger partial charge in [-0.25, -0.2) is 0 Å². The van der Waals surface area contributed by atoms with Crippen molar-refractivity contribution in [2.45, 2.75) is 19.4 Å². The molecular weight excluding hydrogens is 270 g/mol. The number of nitrogens with two attached hydrogens (primary N) is 1. The van der Waals surface area contributed by atoms with E-state index in [0.29, 0.717) is 11.6 Å². The summed E-state index contributed by atoms with van der Waals surface area (Å²) >= 11 is 5.29. The third-order valence-corrected chi connectivity index (χ3v) is 3.74. The Kier molecular flexibility index (Phi) is 5.76. The monoisotopic (exact) mass is 293 g/mol. The van der Waals surface area contributed by atoms with Gasteiger partial charge in [-0.15, -0.1) is 0 Å². The van der Waals surface area contributed by atoms with Gasteiger partial charge in [0.1, 0.15) is 5.75 Å². The molecule has 1 fully saturated rings. The lowest BCUT2D eigenvalue weighted by atomic mass is 10.0. The minimum atomic E-state index is 0.0144. The summed E-state index contributed by atoms with van der Waals surface area (Å²) in [6.45, 7) is 6.68. The first-order valence-electron chi connectivity index (χ1n) is 7.19. The van der Waals surface area contributed by atoms with E-state index in [4.69, 9.17) is 22.7 Å². The van der Waals surface area contributed by atoms with Gasteiger partial charge in [-0.3, -0.25) is 4.90 Å². The summed E-state index contributed by atoms with van der Waals surface area (Å²) < 4.78 is 5.48. The molecule has 0 spiro atoms. The maximum atomic E-state index is 5.99. The summed E-state index contributed by atoms with van der Waals surface area (Å²) in [6.07, 6.45) is 1.12. The lowest BCUT2D eigenvalue weighted by molar-refractivity contribution is 0.261. The molecule has 1 heterocycles. The zero-order chi connectivity index (χ0) is 14.4. The van der Waals surface area contributed by atoms with Gasteiger partial charge in [0.2, 0.25) is 0 Å². The van der Waals surface area contributed by atoms with Gasteiger partial charge in [0.15, 0.2) is 0 Å². The first-order chi connectivity index (χ1) is 9.72. The maximum Gasteiger partial charge on any atom is 0.119 e. The van der Waals surface area contributed by atoms with Crippen LogP contribution in [-0.4, -0.2) is 42.7 Å². The van der Waals surface area contributed by atoms with E-state index in [1.807, 2.05) is 19.1 Å². The van der Waals surface area contributed by atoms with Gasteiger partial charge in [0, 0.05) is 19.6 Å². The van der Waals surface area contributed by atoms with Gasteiger partial charge in [0.25, 0.3) is 0 Å². The molecule has 1 aromatic rings. The molecule has 110 valence electrons. The molecule has 1 aliphatic heterocycles. The second-order valence-electron chi connectivity index (χ2n) is 4.95. The molecule has 0 aliphatic carbocycles. The van der Waals surface area contributed by atoms with E-state index in [0.717, 1.165) is 43.9 Å². The van der Waals surface area contributed by atoms with Crippen LogP contribution in [0.25, 0.3) is 0 Å². The standard InChI is InChI=1S/C15H23N3OS/c1-2-19-13-6-4-12(5-7-13)14(15(16)20)18-10-3-8-17-9-11-18/h4-7,14,17H,2-3,8-11H2,1H3,(H2,16,20). The smallest absolute Gasteiger partial charge is 0.119 e. The number of rotatable bonds is 5. The number of nitrogens with one attached hydrogen (secondary N) is 1. The number of benzene rings is 1. The number of nitrogens with zero attached hydrogens (tertiary/aromatic N) is 1. The van der Waals surface area contributed by atoms with E-state index in [1.165, 1.54) is 0 Å². The normalized spacial score (nSPS) is 18.2. The van der Waals surface area contributed by atoms with Gasteiger partial charge >= 0.3 is 0 Å². The third-order valence-electron chi connectivity index (χ3n) is 3.52. The predicted octanol–water partition coefficient (Wildman–Crippen LogP) is 1.71. The largest absolute Gasteiger partial charge is 0.494 e. The van der Waals surface area contributed by atoms with E-state index < -0.39 is 0 Å². The van der Waals surface area contributed by atoms with Crippen molar-refractivity contribution in [1.82, 2.24) is 10.2 Å². The van der Waals surface area contributed by atoms with Crippen LogP contribution in [0.2, 0.25) is 0 Å². The Bertz CT molecular complexity index is 427. The average molecular weight is 293 g/mol. The Morgan fingerprint density at radius 3 is 2.75 bits per heavy atom. The summed E-state index contributed by atoms with van der Waals surface area (Å²) in [5.41, 5.74) is 7.13. The highest BCUT2D eigenvalue weighted by Gasteiger charge is 2.23. The fourth-order valence-electron chi connectivity index (χ4n) is 2.59. The summed E-state index contributed by atoms with van der Waals surface area (Å²) in [4.78, 5) is 2.90. The van der Waals surface area contributed by atoms with Crippen molar-refractivity contribution in [2.24, 2.45) is 5.73 Å². The Hall–Kier alpha value is -1.17. The molecule has 5 heteroatoms. The van der Waals surface area contributed by atoms with Gasteiger partial charge in [0.05, 0.1) is 17.6 Å². The molecule has 0 saturated carbocycles. The van der Waals surface area contributed by atoms with Crippen molar-refractivity contribution in [2.75, 3.05) is 32.8 Å². The highest BCUT2D eigenvalue weighted by Crippen LogP contribution is 2.24. The van der Waals surface area contributed by atoms with Gasteiger partial charge < -0.3 is 15.8 Å². The van der Waals surface area contributed by atoms with Crippen LogP contribution in [0.15, 0.2) is 24.3 Å². The summed E-state index contributed by atoms with van der Waals surface area (Å²) in [6, 6.07) is 8.11. The van der Waals surface area contributed by atoms with Crippen LogP contribution < -0.4 is 15.8 Å². The van der Waals surface area contributed by atoms with Crippen LogP contribution in [0.1, 0.15) is 24.9 Å². The highest BCUT2D eigenvalue weighted by atomic mass is 32.1. The predicted molar refractivity (Wildman–Crippen MR) is 86.2 cm³/mol. The van der Waals surface area contributed by atoms with Crippen molar-refractivity contribution in [3.05, 3.63) is 29.8 Å². The molecule has 3 N–H and O–H groups in total. The minimum absolute atomic E-state index is 0.0144. The van der Waals surface area contributed by atoms with Gasteiger partial charge in [-0.2, -0.15) is 0 Å². The van der Waals surface area contributed by atoms with Crippen molar-refractivity contribution in [3.8, 4) is 5.75 Å². The quantitative estimate of drug-likeness (QED) is 0.810. The molecule has 1 atom stereocenters. The molecule has 20 heavy (non-hydrogen) atoms. The van der Waals surface area contributed by atoms with Crippen LogP contribution in [-0.2, 0) is 0 Å². The van der Waals surface area contributed by atoms with E-state index in [-0.39, 0.29) is 6.04 Å². The Labute approximate surface area is 126 Å². The van der Waals surface area contributed by atoms with E-state index in [2.05, 4.69) is 22.3 Å². The van der Waals surface area contributed by atoms with Crippen molar-refractivity contribution in [1.29, 1.82) is 0 Å².